The van der Waals surface area contributed by atoms with Crippen molar-refractivity contribution in [3.05, 3.63) is 76.7 Å². The lowest BCUT2D eigenvalue weighted by Crippen LogP contribution is -2.31. The fraction of sp³-hybridized carbons (Fsp3) is 0.182. The highest BCUT2D eigenvalue weighted by Gasteiger charge is 2.33. The van der Waals surface area contributed by atoms with E-state index in [4.69, 9.17) is 4.74 Å². The summed E-state index contributed by atoms with van der Waals surface area (Å²) in [5.41, 5.74) is 2.06. The highest BCUT2D eigenvalue weighted by atomic mass is 32.2. The minimum absolute atomic E-state index is 0.250. The van der Waals surface area contributed by atoms with E-state index in [1.54, 1.807) is 29.2 Å². The number of hydrogen-bond donors (Lipinski definition) is 0. The van der Waals surface area contributed by atoms with E-state index in [-0.39, 0.29) is 10.8 Å². The number of aliphatic imine (C=N–C) groups is 1. The predicted molar refractivity (Wildman–Crippen MR) is 114 cm³/mol. The minimum atomic E-state index is -0.599. The molecule has 7 nitrogen and oxygen atoms in total. The van der Waals surface area contributed by atoms with Gasteiger partial charge in [0.05, 0.1) is 30.4 Å². The number of nitrogens with zero attached hydrogens (tertiary/aromatic N) is 2. The topological polar surface area (TPSA) is 85.3 Å². The van der Waals surface area contributed by atoms with Gasteiger partial charge in [0.2, 0.25) is 0 Å². The van der Waals surface area contributed by atoms with Crippen molar-refractivity contribution >= 4 is 40.5 Å². The molecule has 154 valence electrons. The molecule has 0 bridgehead atoms. The second-order valence-corrected chi connectivity index (χ2v) is 7.27. The van der Waals surface area contributed by atoms with Gasteiger partial charge >= 0.3 is 11.9 Å². The average molecular weight is 424 g/mol. The Hall–Kier alpha value is -3.39. The number of hydrogen-bond acceptors (Lipinski definition) is 7. The van der Waals surface area contributed by atoms with Crippen LogP contribution in [0.1, 0.15) is 15.9 Å². The van der Waals surface area contributed by atoms with Gasteiger partial charge in [-0.2, -0.15) is 0 Å². The zero-order chi connectivity index (χ0) is 21.5. The summed E-state index contributed by atoms with van der Waals surface area (Å²) < 4.78 is 9.34. The van der Waals surface area contributed by atoms with Crippen LogP contribution in [0.25, 0.3) is 0 Å². The summed E-state index contributed by atoms with van der Waals surface area (Å²) in [6.07, 6.45) is 1.81. The maximum absolute atomic E-state index is 12.8. The molecule has 0 radical (unpaired) electrons. The largest absolute Gasteiger partial charge is 0.466 e. The molecular formula is C22H20N2O5S. The van der Waals surface area contributed by atoms with E-state index in [1.807, 2.05) is 30.3 Å². The molecule has 1 saturated heterocycles. The third-order valence-corrected chi connectivity index (χ3v) is 5.32. The van der Waals surface area contributed by atoms with E-state index in [2.05, 4.69) is 9.73 Å². The first-order valence-electron chi connectivity index (χ1n) is 9.12. The molecule has 0 N–H and O–H groups in total. The fourth-order valence-corrected chi connectivity index (χ4v) is 3.73. The smallest absolute Gasteiger partial charge is 0.337 e. The molecule has 3 rings (SSSR count). The van der Waals surface area contributed by atoms with E-state index in [0.717, 1.165) is 17.3 Å². The van der Waals surface area contributed by atoms with Crippen molar-refractivity contribution in [3.8, 4) is 0 Å². The SMILES string of the molecule is COC(=O)/C=C1/SC(=Nc2ccc(C(=O)OC)cc2)N(CCc2ccccc2)C1=O. The van der Waals surface area contributed by atoms with Crippen molar-refractivity contribution in [2.45, 2.75) is 6.42 Å². The second-order valence-electron chi connectivity index (χ2n) is 6.26. The summed E-state index contributed by atoms with van der Waals surface area (Å²) in [5.74, 6) is -1.34. The van der Waals surface area contributed by atoms with Gasteiger partial charge in [0, 0.05) is 12.6 Å². The number of methoxy groups -OCH3 is 2. The molecular weight excluding hydrogens is 404 g/mol. The summed E-state index contributed by atoms with van der Waals surface area (Å²) in [7, 11) is 2.57. The molecule has 2 aromatic rings. The highest BCUT2D eigenvalue weighted by Crippen LogP contribution is 2.33. The number of esters is 2. The summed E-state index contributed by atoms with van der Waals surface area (Å²) >= 11 is 1.11. The van der Waals surface area contributed by atoms with Gasteiger partial charge in [-0.05, 0) is 48.0 Å². The van der Waals surface area contributed by atoms with Gasteiger partial charge in [0.25, 0.3) is 5.91 Å². The maximum Gasteiger partial charge on any atom is 0.337 e. The van der Waals surface area contributed by atoms with E-state index in [1.165, 1.54) is 20.3 Å². The molecule has 0 unspecified atom stereocenters. The first kappa shape index (κ1) is 21.3. The molecule has 8 heteroatoms. The van der Waals surface area contributed by atoms with Crippen LogP contribution in [0.5, 0.6) is 0 Å². The third kappa shape index (κ3) is 5.15. The molecule has 0 aromatic heterocycles. The Kier molecular flexibility index (Phi) is 7.03. The number of amides is 1. The van der Waals surface area contributed by atoms with Crippen LogP contribution in [-0.4, -0.2) is 48.7 Å². The standard InChI is InChI=1S/C22H20N2O5S/c1-28-19(25)14-18-20(26)24(13-12-15-6-4-3-5-7-15)22(30-18)23-17-10-8-16(9-11-17)21(27)29-2/h3-11,14H,12-13H2,1-2H3/b18-14+,23-22?. The summed E-state index contributed by atoms with van der Waals surface area (Å²) in [5, 5.41) is 0.455. The van der Waals surface area contributed by atoms with E-state index in [0.29, 0.717) is 29.4 Å². The van der Waals surface area contributed by atoms with Crippen LogP contribution in [-0.2, 0) is 25.5 Å². The monoisotopic (exact) mass is 424 g/mol. The number of thioether (sulfide) groups is 1. The van der Waals surface area contributed by atoms with Gasteiger partial charge in [0.1, 0.15) is 0 Å². The maximum atomic E-state index is 12.8. The number of benzene rings is 2. The normalized spacial score (nSPS) is 16.2. The van der Waals surface area contributed by atoms with Crippen molar-refractivity contribution in [2.75, 3.05) is 20.8 Å². The van der Waals surface area contributed by atoms with Gasteiger partial charge in [-0.1, -0.05) is 30.3 Å². The Morgan fingerprint density at radius 1 is 1.03 bits per heavy atom. The lowest BCUT2D eigenvalue weighted by molar-refractivity contribution is -0.135. The molecule has 30 heavy (non-hydrogen) atoms. The van der Waals surface area contributed by atoms with Crippen LogP contribution in [0.4, 0.5) is 5.69 Å². The summed E-state index contributed by atoms with van der Waals surface area (Å²) in [6.45, 7) is 0.410. The van der Waals surface area contributed by atoms with Crippen molar-refractivity contribution in [3.63, 3.8) is 0 Å². The van der Waals surface area contributed by atoms with Crippen LogP contribution in [0, 0.1) is 0 Å². The number of carbonyl (C=O) groups excluding carboxylic acids is 3. The van der Waals surface area contributed by atoms with Crippen LogP contribution in [0.2, 0.25) is 0 Å². The Morgan fingerprint density at radius 3 is 2.37 bits per heavy atom. The predicted octanol–water partition coefficient (Wildman–Crippen LogP) is 3.34. The van der Waals surface area contributed by atoms with E-state index < -0.39 is 11.9 Å². The molecule has 0 atom stereocenters. The van der Waals surface area contributed by atoms with Crippen molar-refractivity contribution in [1.29, 1.82) is 0 Å². The minimum Gasteiger partial charge on any atom is -0.466 e. The lowest BCUT2D eigenvalue weighted by Gasteiger charge is -2.15. The third-order valence-electron chi connectivity index (χ3n) is 4.32. The number of carbonyl (C=O) groups is 3. The molecule has 1 heterocycles. The molecule has 1 aliphatic heterocycles. The number of rotatable bonds is 6. The van der Waals surface area contributed by atoms with Crippen LogP contribution in [0.3, 0.4) is 0 Å². The molecule has 1 aliphatic rings. The molecule has 0 spiro atoms. The quantitative estimate of drug-likeness (QED) is 0.522. The van der Waals surface area contributed by atoms with Crippen molar-refractivity contribution in [2.24, 2.45) is 4.99 Å². The zero-order valence-corrected chi connectivity index (χ0v) is 17.3. The van der Waals surface area contributed by atoms with Gasteiger partial charge in [0.15, 0.2) is 5.17 Å². The Morgan fingerprint density at radius 2 is 1.73 bits per heavy atom. The number of ether oxygens (including phenoxy) is 2. The highest BCUT2D eigenvalue weighted by molar-refractivity contribution is 8.18. The second kappa shape index (κ2) is 9.89. The Bertz CT molecular complexity index is 1000. The molecule has 0 aliphatic carbocycles. The van der Waals surface area contributed by atoms with Gasteiger partial charge in [-0.3, -0.25) is 9.69 Å². The summed E-state index contributed by atoms with van der Waals surface area (Å²) in [4.78, 5) is 42.4. The van der Waals surface area contributed by atoms with Gasteiger partial charge < -0.3 is 9.47 Å². The fourth-order valence-electron chi connectivity index (χ4n) is 2.74. The van der Waals surface area contributed by atoms with Crippen LogP contribution >= 0.6 is 11.8 Å². The van der Waals surface area contributed by atoms with Crippen molar-refractivity contribution < 1.29 is 23.9 Å². The first-order chi connectivity index (χ1) is 14.5. The van der Waals surface area contributed by atoms with Crippen LogP contribution < -0.4 is 0 Å². The number of amidine groups is 1. The zero-order valence-electron chi connectivity index (χ0n) is 16.5. The van der Waals surface area contributed by atoms with Gasteiger partial charge in [-0.15, -0.1) is 0 Å². The molecule has 1 fully saturated rings. The van der Waals surface area contributed by atoms with E-state index in [9.17, 15) is 14.4 Å². The Labute approximate surface area is 178 Å². The molecule has 1 amide bonds. The van der Waals surface area contributed by atoms with Gasteiger partial charge in [-0.25, -0.2) is 14.6 Å². The Balaban J connectivity index is 1.86. The summed E-state index contributed by atoms with van der Waals surface area (Å²) in [6, 6.07) is 16.3. The van der Waals surface area contributed by atoms with Crippen LogP contribution in [0.15, 0.2) is 70.6 Å². The molecule has 2 aromatic carbocycles. The van der Waals surface area contributed by atoms with E-state index >= 15 is 0 Å². The lowest BCUT2D eigenvalue weighted by atomic mass is 10.1. The van der Waals surface area contributed by atoms with Crippen molar-refractivity contribution in [1.82, 2.24) is 4.90 Å². The molecule has 0 saturated carbocycles. The first-order valence-corrected chi connectivity index (χ1v) is 9.94. The average Bonchev–Trinajstić information content (AvgIpc) is 3.06.